The first-order valence-corrected chi connectivity index (χ1v) is 9.93. The zero-order chi connectivity index (χ0) is 17.8. The van der Waals surface area contributed by atoms with Crippen LogP contribution in [0.1, 0.15) is 45.4 Å². The van der Waals surface area contributed by atoms with Gasteiger partial charge < -0.3 is 28.4 Å². The van der Waals surface area contributed by atoms with E-state index >= 15 is 0 Å². The van der Waals surface area contributed by atoms with Crippen LogP contribution < -0.4 is 0 Å². The van der Waals surface area contributed by atoms with Crippen molar-refractivity contribution >= 4 is 0 Å². The summed E-state index contributed by atoms with van der Waals surface area (Å²) in [7, 11) is 0. The van der Waals surface area contributed by atoms with E-state index in [2.05, 4.69) is 6.92 Å². The van der Waals surface area contributed by atoms with E-state index in [9.17, 15) is 0 Å². The topological polar surface area (TPSA) is 55.4 Å². The quantitative estimate of drug-likeness (QED) is 0.588. The Morgan fingerprint density at radius 3 is 1.92 bits per heavy atom. The van der Waals surface area contributed by atoms with Gasteiger partial charge in [-0.05, 0) is 6.42 Å². The molecule has 0 aromatic carbocycles. The van der Waals surface area contributed by atoms with Crippen molar-refractivity contribution in [2.45, 2.75) is 51.6 Å². The third-order valence-corrected chi connectivity index (χ3v) is 3.95. The molecule has 0 N–H and O–H groups in total. The summed E-state index contributed by atoms with van der Waals surface area (Å²) in [6, 6.07) is 0. The minimum atomic E-state index is -0.0509. The molecule has 1 saturated heterocycles. The van der Waals surface area contributed by atoms with Crippen molar-refractivity contribution in [3.63, 3.8) is 0 Å². The molecule has 1 fully saturated rings. The van der Waals surface area contributed by atoms with Crippen LogP contribution in [0.3, 0.4) is 0 Å². The summed E-state index contributed by atoms with van der Waals surface area (Å²) in [5.41, 5.74) is 0. The standard InChI is InChI=1S/C19H38O6/c1-2-3-4-5-6-7-8-23-17-19-18-24-14-13-21-10-9-20-11-12-22-15-16-25-19/h19H,2-18H2,1H3. The SMILES string of the molecule is CCCCCCCCOCC1COCCOCCOCCOCCO1. The summed E-state index contributed by atoms with van der Waals surface area (Å²) in [5.74, 6) is 0. The Labute approximate surface area is 153 Å². The Bertz CT molecular complexity index is 248. The van der Waals surface area contributed by atoms with E-state index in [1.807, 2.05) is 0 Å². The fourth-order valence-electron chi connectivity index (χ4n) is 2.49. The molecule has 1 unspecified atom stereocenters. The highest BCUT2D eigenvalue weighted by atomic mass is 16.6. The number of rotatable bonds is 9. The van der Waals surface area contributed by atoms with Gasteiger partial charge in [0.15, 0.2) is 0 Å². The van der Waals surface area contributed by atoms with Crippen LogP contribution in [-0.2, 0) is 28.4 Å². The summed E-state index contributed by atoms with van der Waals surface area (Å²) in [5, 5.41) is 0. The Kier molecular flexibility index (Phi) is 16.9. The minimum Gasteiger partial charge on any atom is -0.379 e. The zero-order valence-corrected chi connectivity index (χ0v) is 16.0. The molecule has 1 rings (SSSR count). The predicted octanol–water partition coefficient (Wildman–Crippen LogP) is 2.83. The van der Waals surface area contributed by atoms with Gasteiger partial charge >= 0.3 is 0 Å². The average Bonchev–Trinajstić information content (AvgIpc) is 2.63. The van der Waals surface area contributed by atoms with Crippen molar-refractivity contribution in [3.05, 3.63) is 0 Å². The molecule has 6 heteroatoms. The lowest BCUT2D eigenvalue weighted by Crippen LogP contribution is -2.28. The summed E-state index contributed by atoms with van der Waals surface area (Å²) < 4.78 is 33.5. The summed E-state index contributed by atoms with van der Waals surface area (Å²) >= 11 is 0. The molecule has 150 valence electrons. The maximum Gasteiger partial charge on any atom is 0.104 e. The molecular weight excluding hydrogens is 324 g/mol. The molecule has 0 saturated carbocycles. The molecule has 0 spiro atoms. The largest absolute Gasteiger partial charge is 0.379 e. The van der Waals surface area contributed by atoms with E-state index in [1.165, 1.54) is 32.1 Å². The van der Waals surface area contributed by atoms with Crippen molar-refractivity contribution in [1.29, 1.82) is 0 Å². The molecule has 0 amide bonds. The van der Waals surface area contributed by atoms with Crippen LogP contribution in [-0.4, -0.2) is 78.8 Å². The van der Waals surface area contributed by atoms with Gasteiger partial charge in [0.2, 0.25) is 0 Å². The Morgan fingerprint density at radius 1 is 0.680 bits per heavy atom. The van der Waals surface area contributed by atoms with Crippen molar-refractivity contribution < 1.29 is 28.4 Å². The zero-order valence-electron chi connectivity index (χ0n) is 16.0. The maximum atomic E-state index is 5.82. The number of ether oxygens (including phenoxy) is 6. The number of unbranched alkanes of at least 4 members (excludes halogenated alkanes) is 5. The Hall–Kier alpha value is -0.240. The van der Waals surface area contributed by atoms with Crippen molar-refractivity contribution in [2.75, 3.05) is 72.7 Å². The van der Waals surface area contributed by atoms with Gasteiger partial charge in [-0.1, -0.05) is 39.0 Å². The maximum absolute atomic E-state index is 5.82. The fraction of sp³-hybridized carbons (Fsp3) is 1.00. The third-order valence-electron chi connectivity index (χ3n) is 3.95. The normalized spacial score (nSPS) is 22.2. The average molecular weight is 363 g/mol. The molecular formula is C19H38O6. The molecule has 0 aliphatic carbocycles. The second kappa shape index (κ2) is 18.5. The Balaban J connectivity index is 2.10. The smallest absolute Gasteiger partial charge is 0.104 e. The molecule has 1 aliphatic rings. The first kappa shape index (κ1) is 22.8. The van der Waals surface area contributed by atoms with Gasteiger partial charge in [-0.2, -0.15) is 0 Å². The summed E-state index contributed by atoms with van der Waals surface area (Å²) in [6.45, 7) is 8.73. The van der Waals surface area contributed by atoms with E-state index in [1.54, 1.807) is 0 Å². The minimum absolute atomic E-state index is 0.0509. The molecule has 0 aromatic heterocycles. The van der Waals surface area contributed by atoms with Crippen LogP contribution in [0.4, 0.5) is 0 Å². The molecule has 1 aliphatic heterocycles. The van der Waals surface area contributed by atoms with Gasteiger partial charge in [0.1, 0.15) is 6.10 Å². The predicted molar refractivity (Wildman–Crippen MR) is 97.2 cm³/mol. The first-order chi connectivity index (χ1) is 12.4. The molecule has 6 nitrogen and oxygen atoms in total. The van der Waals surface area contributed by atoms with Gasteiger partial charge in [0, 0.05) is 6.61 Å². The summed E-state index contributed by atoms with van der Waals surface area (Å²) in [6.07, 6.45) is 7.59. The number of hydrogen-bond acceptors (Lipinski definition) is 6. The van der Waals surface area contributed by atoms with E-state index in [-0.39, 0.29) is 6.10 Å². The van der Waals surface area contributed by atoms with Crippen molar-refractivity contribution in [2.24, 2.45) is 0 Å². The Morgan fingerprint density at radius 2 is 1.24 bits per heavy atom. The molecule has 0 aromatic rings. The van der Waals surface area contributed by atoms with Crippen LogP contribution in [0.5, 0.6) is 0 Å². The second-order valence-electron chi connectivity index (χ2n) is 6.25. The summed E-state index contributed by atoms with van der Waals surface area (Å²) in [4.78, 5) is 0. The first-order valence-electron chi connectivity index (χ1n) is 9.93. The molecule has 25 heavy (non-hydrogen) atoms. The molecule has 0 radical (unpaired) electrons. The van der Waals surface area contributed by atoms with Gasteiger partial charge in [0.25, 0.3) is 0 Å². The van der Waals surface area contributed by atoms with E-state index in [0.29, 0.717) is 66.1 Å². The van der Waals surface area contributed by atoms with Gasteiger partial charge in [-0.3, -0.25) is 0 Å². The lowest BCUT2D eigenvalue weighted by molar-refractivity contribution is -0.0778. The van der Waals surface area contributed by atoms with E-state index < -0.39 is 0 Å². The third kappa shape index (κ3) is 15.7. The van der Waals surface area contributed by atoms with Gasteiger partial charge in [-0.15, -0.1) is 0 Å². The molecule has 1 atom stereocenters. The van der Waals surface area contributed by atoms with Crippen LogP contribution in [0.25, 0.3) is 0 Å². The highest BCUT2D eigenvalue weighted by Crippen LogP contribution is 2.05. The monoisotopic (exact) mass is 362 g/mol. The lowest BCUT2D eigenvalue weighted by Gasteiger charge is -2.18. The van der Waals surface area contributed by atoms with Crippen molar-refractivity contribution in [1.82, 2.24) is 0 Å². The lowest BCUT2D eigenvalue weighted by atomic mass is 10.1. The highest BCUT2D eigenvalue weighted by Gasteiger charge is 2.10. The van der Waals surface area contributed by atoms with Crippen LogP contribution in [0.2, 0.25) is 0 Å². The molecule has 1 heterocycles. The van der Waals surface area contributed by atoms with Crippen LogP contribution in [0.15, 0.2) is 0 Å². The number of hydrogen-bond donors (Lipinski definition) is 0. The highest BCUT2D eigenvalue weighted by molar-refractivity contribution is 4.56. The van der Waals surface area contributed by atoms with Gasteiger partial charge in [-0.25, -0.2) is 0 Å². The van der Waals surface area contributed by atoms with E-state index in [0.717, 1.165) is 13.0 Å². The van der Waals surface area contributed by atoms with E-state index in [4.69, 9.17) is 28.4 Å². The van der Waals surface area contributed by atoms with Gasteiger partial charge in [0.05, 0.1) is 66.1 Å². The fourth-order valence-corrected chi connectivity index (χ4v) is 2.49. The van der Waals surface area contributed by atoms with Crippen molar-refractivity contribution in [3.8, 4) is 0 Å². The van der Waals surface area contributed by atoms with Crippen LogP contribution in [0, 0.1) is 0 Å². The van der Waals surface area contributed by atoms with Crippen LogP contribution >= 0.6 is 0 Å². The second-order valence-corrected chi connectivity index (χ2v) is 6.25. The molecule has 0 bridgehead atoms.